The van der Waals surface area contributed by atoms with Gasteiger partial charge in [-0.05, 0) is 18.2 Å². The molecule has 1 saturated heterocycles. The molecule has 0 spiro atoms. The second-order valence-corrected chi connectivity index (χ2v) is 5.97. The van der Waals surface area contributed by atoms with Gasteiger partial charge in [0.15, 0.2) is 5.65 Å². The number of para-hydroxylation sites is 1. The summed E-state index contributed by atoms with van der Waals surface area (Å²) < 4.78 is 7.25. The van der Waals surface area contributed by atoms with Crippen molar-refractivity contribution in [2.75, 3.05) is 26.7 Å². The van der Waals surface area contributed by atoms with Crippen LogP contribution in [0.5, 0.6) is 5.75 Å². The van der Waals surface area contributed by atoms with Gasteiger partial charge in [0.2, 0.25) is 0 Å². The second kappa shape index (κ2) is 6.52. The van der Waals surface area contributed by atoms with Gasteiger partial charge in [0, 0.05) is 31.4 Å². The summed E-state index contributed by atoms with van der Waals surface area (Å²) in [6.07, 6.45) is 3.38. The third-order valence-electron chi connectivity index (χ3n) is 4.54. The molecule has 7 nitrogen and oxygen atoms in total. The van der Waals surface area contributed by atoms with Gasteiger partial charge in [-0.15, -0.1) is 10.2 Å². The molecule has 0 bridgehead atoms. The Balaban J connectivity index is 1.69. The molecule has 1 aliphatic rings. The Hall–Kier alpha value is -2.93. The number of nitrogens with one attached hydrogen (secondary N) is 1. The minimum atomic E-state index is -0.0750. The molecule has 3 aromatic rings. The zero-order valence-electron chi connectivity index (χ0n) is 13.9. The van der Waals surface area contributed by atoms with Crippen LogP contribution in [0.25, 0.3) is 5.65 Å². The van der Waals surface area contributed by atoms with Crippen LogP contribution in [0.15, 0.2) is 48.9 Å². The lowest BCUT2D eigenvalue weighted by Gasteiger charge is -2.37. The van der Waals surface area contributed by atoms with Crippen LogP contribution in [0, 0.1) is 0 Å². The molecule has 1 aromatic carbocycles. The van der Waals surface area contributed by atoms with Gasteiger partial charge in [-0.3, -0.25) is 9.20 Å². The lowest BCUT2D eigenvalue weighted by Crippen LogP contribution is -2.48. The fraction of sp³-hybridized carbons (Fsp3) is 0.278. The van der Waals surface area contributed by atoms with E-state index in [9.17, 15) is 4.79 Å². The molecule has 2 aromatic heterocycles. The standard InChI is InChI=1S/C18H19N5O2/c1-25-16-5-3-2-4-14(16)15-10-19-8-9-23(15)18(24)13-6-7-17-21-20-12-22(17)11-13/h2-7,11-12,15,19H,8-10H2,1H3. The van der Waals surface area contributed by atoms with E-state index in [-0.39, 0.29) is 11.9 Å². The van der Waals surface area contributed by atoms with E-state index in [4.69, 9.17) is 4.74 Å². The Labute approximate surface area is 145 Å². The van der Waals surface area contributed by atoms with Gasteiger partial charge in [-0.25, -0.2) is 0 Å². The topological polar surface area (TPSA) is 71.8 Å². The maximum Gasteiger partial charge on any atom is 0.255 e. The highest BCUT2D eigenvalue weighted by Gasteiger charge is 2.30. The molecule has 0 aliphatic carbocycles. The summed E-state index contributed by atoms with van der Waals surface area (Å²) in [5.41, 5.74) is 2.35. The number of carbonyl (C=O) groups is 1. The largest absolute Gasteiger partial charge is 0.496 e. The average Bonchev–Trinajstić information content (AvgIpc) is 3.15. The van der Waals surface area contributed by atoms with Gasteiger partial charge in [-0.2, -0.15) is 0 Å². The first-order valence-corrected chi connectivity index (χ1v) is 8.22. The van der Waals surface area contributed by atoms with Crippen LogP contribution in [-0.2, 0) is 0 Å². The van der Waals surface area contributed by atoms with Gasteiger partial charge in [0.25, 0.3) is 5.91 Å². The van der Waals surface area contributed by atoms with Gasteiger partial charge >= 0.3 is 0 Å². The van der Waals surface area contributed by atoms with E-state index in [0.717, 1.165) is 23.5 Å². The second-order valence-electron chi connectivity index (χ2n) is 5.97. The molecule has 3 heterocycles. The summed E-state index contributed by atoms with van der Waals surface area (Å²) in [6, 6.07) is 11.4. The van der Waals surface area contributed by atoms with E-state index in [0.29, 0.717) is 18.7 Å². The molecule has 1 fully saturated rings. The van der Waals surface area contributed by atoms with E-state index in [2.05, 4.69) is 15.5 Å². The number of nitrogens with zero attached hydrogens (tertiary/aromatic N) is 4. The number of fused-ring (bicyclic) bond motifs is 1. The SMILES string of the molecule is COc1ccccc1C1CNCCN1C(=O)c1ccc2nncn2c1. The van der Waals surface area contributed by atoms with E-state index >= 15 is 0 Å². The van der Waals surface area contributed by atoms with Gasteiger partial charge < -0.3 is 15.0 Å². The van der Waals surface area contributed by atoms with Crippen LogP contribution in [0.3, 0.4) is 0 Å². The number of carbonyl (C=O) groups excluding carboxylic acids is 1. The Kier molecular flexibility index (Phi) is 4.07. The van der Waals surface area contributed by atoms with Crippen LogP contribution < -0.4 is 10.1 Å². The number of ether oxygens (including phenoxy) is 1. The molecule has 1 N–H and O–H groups in total. The summed E-state index contributed by atoms with van der Waals surface area (Å²) in [7, 11) is 1.65. The number of hydrogen-bond acceptors (Lipinski definition) is 5. The van der Waals surface area contributed by atoms with E-state index in [1.54, 1.807) is 36.2 Å². The summed E-state index contributed by atoms with van der Waals surface area (Å²) >= 11 is 0. The summed E-state index contributed by atoms with van der Waals surface area (Å²) in [5.74, 6) is 0.788. The van der Waals surface area contributed by atoms with Crippen molar-refractivity contribution in [2.45, 2.75) is 6.04 Å². The Morgan fingerprint density at radius 1 is 1.28 bits per heavy atom. The zero-order chi connectivity index (χ0) is 17.2. The predicted octanol–water partition coefficient (Wildman–Crippen LogP) is 1.52. The summed E-state index contributed by atoms with van der Waals surface area (Å²) in [4.78, 5) is 15.1. The van der Waals surface area contributed by atoms with E-state index in [1.165, 1.54) is 0 Å². The molecular formula is C18H19N5O2. The molecule has 1 atom stereocenters. The number of piperazine rings is 1. The molecule has 1 amide bonds. The lowest BCUT2D eigenvalue weighted by atomic mass is 10.0. The molecular weight excluding hydrogens is 318 g/mol. The fourth-order valence-corrected chi connectivity index (χ4v) is 3.29. The lowest BCUT2D eigenvalue weighted by molar-refractivity contribution is 0.0631. The minimum absolute atomic E-state index is 0.00648. The van der Waals surface area contributed by atoms with E-state index in [1.807, 2.05) is 29.2 Å². The highest BCUT2D eigenvalue weighted by molar-refractivity contribution is 5.94. The first-order chi connectivity index (χ1) is 12.3. The monoisotopic (exact) mass is 337 g/mol. The number of methoxy groups -OCH3 is 1. The number of aromatic nitrogens is 3. The smallest absolute Gasteiger partial charge is 0.255 e. The van der Waals surface area contributed by atoms with Crippen molar-refractivity contribution >= 4 is 11.6 Å². The number of amides is 1. The van der Waals surface area contributed by atoms with Crippen LogP contribution in [-0.4, -0.2) is 52.1 Å². The molecule has 128 valence electrons. The van der Waals surface area contributed by atoms with Gasteiger partial charge in [0.05, 0.1) is 18.7 Å². The van der Waals surface area contributed by atoms with Crippen LogP contribution in [0.2, 0.25) is 0 Å². The molecule has 1 unspecified atom stereocenters. The van der Waals surface area contributed by atoms with Crippen molar-refractivity contribution in [3.63, 3.8) is 0 Å². The van der Waals surface area contributed by atoms with Gasteiger partial charge in [0.1, 0.15) is 12.1 Å². The zero-order valence-corrected chi connectivity index (χ0v) is 13.9. The minimum Gasteiger partial charge on any atom is -0.496 e. The maximum absolute atomic E-state index is 13.2. The third-order valence-corrected chi connectivity index (χ3v) is 4.54. The number of hydrogen-bond donors (Lipinski definition) is 1. The van der Waals surface area contributed by atoms with Crippen LogP contribution in [0.1, 0.15) is 22.0 Å². The summed E-state index contributed by atoms with van der Waals surface area (Å²) in [6.45, 7) is 2.11. The van der Waals surface area contributed by atoms with Crippen LogP contribution >= 0.6 is 0 Å². The molecule has 25 heavy (non-hydrogen) atoms. The van der Waals surface area contributed by atoms with Crippen molar-refractivity contribution in [3.05, 3.63) is 60.0 Å². The molecule has 7 heteroatoms. The fourth-order valence-electron chi connectivity index (χ4n) is 3.29. The average molecular weight is 337 g/mol. The Bertz CT molecular complexity index is 907. The maximum atomic E-state index is 13.2. The normalized spacial score (nSPS) is 17.6. The van der Waals surface area contributed by atoms with Crippen LogP contribution in [0.4, 0.5) is 0 Å². The molecule has 1 aliphatic heterocycles. The molecule has 0 radical (unpaired) electrons. The molecule has 4 rings (SSSR count). The first kappa shape index (κ1) is 15.6. The molecule has 0 saturated carbocycles. The number of rotatable bonds is 3. The Morgan fingerprint density at radius 3 is 3.04 bits per heavy atom. The Morgan fingerprint density at radius 2 is 2.16 bits per heavy atom. The first-order valence-electron chi connectivity index (χ1n) is 8.22. The van der Waals surface area contributed by atoms with E-state index < -0.39 is 0 Å². The quantitative estimate of drug-likeness (QED) is 0.785. The van der Waals surface area contributed by atoms with Gasteiger partial charge in [-0.1, -0.05) is 18.2 Å². The number of benzene rings is 1. The highest BCUT2D eigenvalue weighted by atomic mass is 16.5. The van der Waals surface area contributed by atoms with Crippen molar-refractivity contribution in [1.82, 2.24) is 24.8 Å². The van der Waals surface area contributed by atoms with Crippen molar-refractivity contribution in [1.29, 1.82) is 0 Å². The summed E-state index contributed by atoms with van der Waals surface area (Å²) in [5, 5.41) is 11.2. The highest BCUT2D eigenvalue weighted by Crippen LogP contribution is 2.31. The third kappa shape index (κ3) is 2.83. The van der Waals surface area contributed by atoms with Crippen molar-refractivity contribution in [2.24, 2.45) is 0 Å². The van der Waals surface area contributed by atoms with Crippen molar-refractivity contribution in [3.8, 4) is 5.75 Å². The predicted molar refractivity (Wildman–Crippen MR) is 92.6 cm³/mol. The van der Waals surface area contributed by atoms with Crippen molar-refractivity contribution < 1.29 is 9.53 Å². The number of pyridine rings is 1.